The van der Waals surface area contributed by atoms with Crippen molar-refractivity contribution in [2.45, 2.75) is 6.92 Å². The highest BCUT2D eigenvalue weighted by atomic mass is 35.5. The average Bonchev–Trinajstić information content (AvgIpc) is 2.80. The minimum atomic E-state index is -0.433. The number of urea groups is 1. The van der Waals surface area contributed by atoms with E-state index in [4.69, 9.17) is 11.6 Å². The van der Waals surface area contributed by atoms with Crippen LogP contribution in [0.1, 0.15) is 26.4 Å². The monoisotopic (exact) mass is 451 g/mol. The molecule has 0 radical (unpaired) electrons. The van der Waals surface area contributed by atoms with Crippen LogP contribution < -0.4 is 20.9 Å². The first-order valence-corrected chi connectivity index (χ1v) is 10.1. The number of benzene rings is 2. The highest BCUT2D eigenvalue weighted by Crippen LogP contribution is 2.21. The Morgan fingerprint density at radius 2 is 1.66 bits per heavy atom. The summed E-state index contributed by atoms with van der Waals surface area (Å²) in [5, 5.41) is 8.67. The Kier molecular flexibility index (Phi) is 7.07. The second kappa shape index (κ2) is 9.93. The Morgan fingerprint density at radius 1 is 0.938 bits per heavy atom. The molecule has 0 spiro atoms. The zero-order valence-corrected chi connectivity index (χ0v) is 18.5. The van der Waals surface area contributed by atoms with Crippen molar-refractivity contribution in [3.63, 3.8) is 0 Å². The molecule has 9 heteroatoms. The molecule has 1 heterocycles. The van der Waals surface area contributed by atoms with Gasteiger partial charge < -0.3 is 16.0 Å². The van der Waals surface area contributed by atoms with Gasteiger partial charge in [0.2, 0.25) is 0 Å². The van der Waals surface area contributed by atoms with E-state index in [1.54, 1.807) is 55.6 Å². The first-order chi connectivity index (χ1) is 15.3. The third kappa shape index (κ3) is 5.41. The minimum Gasteiger partial charge on any atom is -0.354 e. The third-order valence-corrected chi connectivity index (χ3v) is 4.99. The van der Waals surface area contributed by atoms with Crippen LogP contribution in [-0.2, 0) is 0 Å². The molecule has 1 aromatic heterocycles. The number of pyridine rings is 1. The molecule has 0 unspecified atom stereocenters. The smallest absolute Gasteiger partial charge is 0.326 e. The van der Waals surface area contributed by atoms with Gasteiger partial charge in [-0.3, -0.25) is 19.5 Å². The molecule has 32 heavy (non-hydrogen) atoms. The van der Waals surface area contributed by atoms with Crippen LogP contribution in [0.5, 0.6) is 0 Å². The molecule has 164 valence electrons. The molecule has 0 bridgehead atoms. The molecular formula is C23H22ClN5O3. The van der Waals surface area contributed by atoms with E-state index in [-0.39, 0.29) is 17.5 Å². The first-order valence-electron chi connectivity index (χ1n) is 9.69. The van der Waals surface area contributed by atoms with Gasteiger partial charge in [0, 0.05) is 47.9 Å². The molecule has 3 aromatic rings. The number of nitrogens with one attached hydrogen (secondary N) is 3. The zero-order chi connectivity index (χ0) is 23.3. The van der Waals surface area contributed by atoms with Crippen LogP contribution in [0.15, 0.2) is 60.8 Å². The third-order valence-electron chi connectivity index (χ3n) is 4.74. The van der Waals surface area contributed by atoms with Crippen molar-refractivity contribution >= 4 is 46.5 Å². The summed E-state index contributed by atoms with van der Waals surface area (Å²) in [7, 11) is 3.08. The van der Waals surface area contributed by atoms with Crippen molar-refractivity contribution in [2.24, 2.45) is 0 Å². The zero-order valence-electron chi connectivity index (χ0n) is 17.8. The molecular weight excluding hydrogens is 430 g/mol. The van der Waals surface area contributed by atoms with Gasteiger partial charge in [-0.1, -0.05) is 17.7 Å². The fraction of sp³-hybridized carbons (Fsp3) is 0.130. The van der Waals surface area contributed by atoms with Gasteiger partial charge in [-0.25, -0.2) is 4.79 Å². The average molecular weight is 452 g/mol. The quantitative estimate of drug-likeness (QED) is 0.537. The Hall–Kier alpha value is -3.91. The number of halogens is 1. The Morgan fingerprint density at radius 3 is 2.34 bits per heavy atom. The largest absolute Gasteiger partial charge is 0.354 e. The van der Waals surface area contributed by atoms with Crippen LogP contribution in [0.25, 0.3) is 0 Å². The van der Waals surface area contributed by atoms with Crippen LogP contribution in [-0.4, -0.2) is 36.9 Å². The lowest BCUT2D eigenvalue weighted by molar-refractivity contribution is 0.0957. The summed E-state index contributed by atoms with van der Waals surface area (Å²) in [6.07, 6.45) is 1.46. The van der Waals surface area contributed by atoms with E-state index in [0.29, 0.717) is 27.6 Å². The van der Waals surface area contributed by atoms with Gasteiger partial charge in [-0.05, 0) is 61.0 Å². The van der Waals surface area contributed by atoms with E-state index in [2.05, 4.69) is 20.9 Å². The number of aromatic nitrogens is 1. The lowest BCUT2D eigenvalue weighted by atomic mass is 10.1. The number of hydrogen-bond acceptors (Lipinski definition) is 4. The maximum Gasteiger partial charge on any atom is 0.326 e. The van der Waals surface area contributed by atoms with Crippen molar-refractivity contribution in [1.29, 1.82) is 0 Å². The first kappa shape index (κ1) is 22.8. The number of hydrogen-bond donors (Lipinski definition) is 3. The van der Waals surface area contributed by atoms with Crippen LogP contribution in [0, 0.1) is 6.92 Å². The molecule has 0 saturated carbocycles. The number of aryl methyl sites for hydroxylation is 1. The highest BCUT2D eigenvalue weighted by molar-refractivity contribution is 6.30. The van der Waals surface area contributed by atoms with Gasteiger partial charge in [0.05, 0.1) is 0 Å². The van der Waals surface area contributed by atoms with E-state index >= 15 is 0 Å². The van der Waals surface area contributed by atoms with Crippen LogP contribution in [0.2, 0.25) is 5.02 Å². The predicted molar refractivity (Wildman–Crippen MR) is 126 cm³/mol. The Bertz CT molecular complexity index is 1160. The topological polar surface area (TPSA) is 103 Å². The van der Waals surface area contributed by atoms with Gasteiger partial charge in [0.15, 0.2) is 0 Å². The second-order valence-electron chi connectivity index (χ2n) is 6.96. The molecule has 0 aliphatic carbocycles. The lowest BCUT2D eigenvalue weighted by Crippen LogP contribution is -2.32. The number of anilines is 3. The van der Waals surface area contributed by atoms with Gasteiger partial charge >= 0.3 is 6.03 Å². The molecule has 4 amide bonds. The van der Waals surface area contributed by atoms with Crippen molar-refractivity contribution in [3.8, 4) is 0 Å². The highest BCUT2D eigenvalue weighted by Gasteiger charge is 2.16. The lowest BCUT2D eigenvalue weighted by Gasteiger charge is -2.19. The van der Waals surface area contributed by atoms with E-state index in [9.17, 15) is 14.4 Å². The van der Waals surface area contributed by atoms with Gasteiger partial charge in [-0.15, -0.1) is 0 Å². The molecule has 3 N–H and O–H groups in total. The van der Waals surface area contributed by atoms with Crippen molar-refractivity contribution in [1.82, 2.24) is 10.3 Å². The number of carbonyl (C=O) groups is 3. The SMILES string of the molecule is CNC(=O)c1cc(N(C)C(=O)Nc2cc(C(=O)Nc3ccc(Cl)cc3)ccc2C)ccn1. The fourth-order valence-electron chi connectivity index (χ4n) is 2.83. The van der Waals surface area contributed by atoms with E-state index in [0.717, 1.165) is 5.56 Å². The molecule has 0 atom stereocenters. The Balaban J connectivity index is 1.75. The number of nitrogens with zero attached hydrogens (tertiary/aromatic N) is 2. The molecule has 0 aliphatic rings. The van der Waals surface area contributed by atoms with Crippen molar-refractivity contribution < 1.29 is 14.4 Å². The fourth-order valence-corrected chi connectivity index (χ4v) is 2.96. The minimum absolute atomic E-state index is 0.196. The molecule has 0 fully saturated rings. The summed E-state index contributed by atoms with van der Waals surface area (Å²) in [4.78, 5) is 42.6. The van der Waals surface area contributed by atoms with Crippen LogP contribution >= 0.6 is 11.6 Å². The van der Waals surface area contributed by atoms with E-state index < -0.39 is 6.03 Å². The normalized spacial score (nSPS) is 10.2. The van der Waals surface area contributed by atoms with Crippen molar-refractivity contribution in [3.05, 3.63) is 82.6 Å². The maximum absolute atomic E-state index is 12.8. The Labute approximate surface area is 190 Å². The molecule has 0 aliphatic heterocycles. The number of rotatable bonds is 5. The summed E-state index contributed by atoms with van der Waals surface area (Å²) in [6.45, 7) is 1.83. The van der Waals surface area contributed by atoms with Crippen LogP contribution in [0.3, 0.4) is 0 Å². The van der Waals surface area contributed by atoms with E-state index in [1.807, 2.05) is 6.92 Å². The summed E-state index contributed by atoms with van der Waals surface area (Å²) in [6, 6.07) is 14.5. The van der Waals surface area contributed by atoms with Gasteiger partial charge in [0.25, 0.3) is 11.8 Å². The molecule has 3 rings (SSSR count). The van der Waals surface area contributed by atoms with Gasteiger partial charge in [0.1, 0.15) is 5.69 Å². The molecule has 2 aromatic carbocycles. The van der Waals surface area contributed by atoms with Crippen LogP contribution in [0.4, 0.5) is 21.9 Å². The van der Waals surface area contributed by atoms with Gasteiger partial charge in [-0.2, -0.15) is 0 Å². The second-order valence-corrected chi connectivity index (χ2v) is 7.39. The summed E-state index contributed by atoms with van der Waals surface area (Å²) in [5.74, 6) is -0.670. The molecule has 8 nitrogen and oxygen atoms in total. The summed E-state index contributed by atoms with van der Waals surface area (Å²) in [5.41, 5.74) is 2.96. The van der Waals surface area contributed by atoms with Crippen molar-refractivity contribution in [2.75, 3.05) is 29.6 Å². The standard InChI is InChI=1S/C23H22ClN5O3/c1-14-4-5-15(21(30)27-17-8-6-16(24)7-9-17)12-19(14)28-23(32)29(3)18-10-11-26-20(13-18)22(31)25-2/h4-13H,1-3H3,(H,25,31)(H,27,30)(H,28,32). The maximum atomic E-state index is 12.8. The van der Waals surface area contributed by atoms with E-state index in [1.165, 1.54) is 24.2 Å². The summed E-state index contributed by atoms with van der Waals surface area (Å²) < 4.78 is 0. The molecule has 0 saturated heterocycles. The number of carbonyl (C=O) groups excluding carboxylic acids is 3. The summed E-state index contributed by atoms with van der Waals surface area (Å²) >= 11 is 5.87. The predicted octanol–water partition coefficient (Wildman–Crippen LogP) is 4.32. The number of amides is 4.